The van der Waals surface area contributed by atoms with E-state index in [0.29, 0.717) is 29.5 Å². The molecule has 2 saturated heterocycles. The van der Waals surface area contributed by atoms with Gasteiger partial charge in [-0.1, -0.05) is 29.3 Å². The maximum atomic E-state index is 12.4. The molecule has 2 aliphatic rings. The predicted octanol–water partition coefficient (Wildman–Crippen LogP) is 4.03. The molecule has 0 bridgehead atoms. The Kier molecular flexibility index (Phi) is 4.84. The second-order valence-electron chi connectivity index (χ2n) is 7.24. The van der Waals surface area contributed by atoms with Crippen LogP contribution >= 0.6 is 23.2 Å². The largest absolute Gasteiger partial charge is 0.460 e. The minimum absolute atomic E-state index is 0.224. The zero-order chi connectivity index (χ0) is 17.5. The number of hydrogen-bond acceptors (Lipinski definition) is 5. The van der Waals surface area contributed by atoms with Gasteiger partial charge >= 0.3 is 5.97 Å². The molecule has 0 radical (unpaired) electrons. The van der Waals surface area contributed by atoms with E-state index in [4.69, 9.17) is 37.5 Å². The van der Waals surface area contributed by atoms with Crippen LogP contribution < -0.4 is 5.48 Å². The molecule has 3 atom stereocenters. The summed E-state index contributed by atoms with van der Waals surface area (Å²) in [6.45, 7) is 6.01. The van der Waals surface area contributed by atoms with Crippen molar-refractivity contribution in [2.45, 2.75) is 51.0 Å². The summed E-state index contributed by atoms with van der Waals surface area (Å²) in [7, 11) is 0. The van der Waals surface area contributed by atoms with E-state index in [2.05, 4.69) is 5.48 Å². The van der Waals surface area contributed by atoms with Crippen molar-refractivity contribution in [3.05, 3.63) is 33.8 Å². The summed E-state index contributed by atoms with van der Waals surface area (Å²) in [5.41, 5.74) is 2.53. The molecule has 7 heteroatoms. The van der Waals surface area contributed by atoms with Crippen molar-refractivity contribution in [3.63, 3.8) is 0 Å². The molecule has 0 aromatic heterocycles. The van der Waals surface area contributed by atoms with Gasteiger partial charge in [-0.2, -0.15) is 5.48 Å². The van der Waals surface area contributed by atoms with Gasteiger partial charge in [-0.15, -0.1) is 0 Å². The summed E-state index contributed by atoms with van der Waals surface area (Å²) in [4.78, 5) is 17.9. The van der Waals surface area contributed by atoms with E-state index in [9.17, 15) is 4.79 Å². The third-order valence-corrected chi connectivity index (χ3v) is 4.81. The SMILES string of the molecule is CC(C)(C)OC(=O)C1CCOC(c2ccc(Cl)c(Cl)c2)C2(C1)NO2. The molecule has 1 aromatic rings. The summed E-state index contributed by atoms with van der Waals surface area (Å²) < 4.78 is 11.5. The molecule has 1 N–H and O–H groups in total. The lowest BCUT2D eigenvalue weighted by Gasteiger charge is -2.24. The van der Waals surface area contributed by atoms with Gasteiger partial charge in [0.25, 0.3) is 0 Å². The molecule has 0 saturated carbocycles. The lowest BCUT2D eigenvalue weighted by Crippen LogP contribution is -2.33. The zero-order valence-electron chi connectivity index (χ0n) is 13.9. The second-order valence-corrected chi connectivity index (χ2v) is 8.06. The number of ether oxygens (including phenoxy) is 2. The standard InChI is InChI=1S/C17H21Cl2NO4/c1-16(2,3)23-15(21)11-6-7-22-14(17(9-11)20-24-17)10-4-5-12(18)13(19)8-10/h4-5,8,11,14,20H,6-7,9H2,1-3H3. The van der Waals surface area contributed by atoms with Crippen LogP contribution in [0.15, 0.2) is 18.2 Å². The van der Waals surface area contributed by atoms with E-state index in [1.165, 1.54) is 0 Å². The number of hydrogen-bond donors (Lipinski definition) is 1. The molecule has 5 nitrogen and oxygen atoms in total. The highest BCUT2D eigenvalue weighted by molar-refractivity contribution is 6.42. The highest BCUT2D eigenvalue weighted by Crippen LogP contribution is 2.46. The van der Waals surface area contributed by atoms with Gasteiger partial charge in [0.15, 0.2) is 5.72 Å². The lowest BCUT2D eigenvalue weighted by atomic mass is 9.91. The Morgan fingerprint density at radius 2 is 2.04 bits per heavy atom. The molecular formula is C17H21Cl2NO4. The fraction of sp³-hybridized carbons (Fsp3) is 0.588. The number of nitrogens with one attached hydrogen (secondary N) is 1. The normalized spacial score (nSPS) is 30.0. The van der Waals surface area contributed by atoms with E-state index < -0.39 is 11.3 Å². The van der Waals surface area contributed by atoms with Crippen molar-refractivity contribution in [3.8, 4) is 0 Å². The van der Waals surface area contributed by atoms with E-state index in [-0.39, 0.29) is 18.0 Å². The van der Waals surface area contributed by atoms with Crippen LogP contribution in [0.5, 0.6) is 0 Å². The van der Waals surface area contributed by atoms with Crippen LogP contribution in [0.4, 0.5) is 0 Å². The molecule has 2 heterocycles. The molecule has 3 rings (SSSR count). The van der Waals surface area contributed by atoms with Crippen molar-refractivity contribution < 1.29 is 19.1 Å². The maximum absolute atomic E-state index is 12.4. The van der Waals surface area contributed by atoms with Gasteiger partial charge in [-0.05, 0) is 44.9 Å². The third-order valence-electron chi connectivity index (χ3n) is 4.07. The lowest BCUT2D eigenvalue weighted by molar-refractivity contribution is -0.160. The van der Waals surface area contributed by atoms with Crippen LogP contribution in [0.3, 0.4) is 0 Å². The first kappa shape index (κ1) is 18.0. The van der Waals surface area contributed by atoms with Crippen LogP contribution in [0.2, 0.25) is 10.0 Å². The minimum Gasteiger partial charge on any atom is -0.460 e. The van der Waals surface area contributed by atoms with E-state index in [1.54, 1.807) is 12.1 Å². The Balaban J connectivity index is 1.79. The number of hydroxylamine groups is 1. The molecular weight excluding hydrogens is 353 g/mol. The van der Waals surface area contributed by atoms with Crippen molar-refractivity contribution in [2.75, 3.05) is 6.61 Å². The number of rotatable bonds is 2. The van der Waals surface area contributed by atoms with Crippen LogP contribution in [0, 0.1) is 5.92 Å². The average molecular weight is 374 g/mol. The van der Waals surface area contributed by atoms with E-state index in [0.717, 1.165) is 5.56 Å². The topological polar surface area (TPSA) is 70.0 Å². The van der Waals surface area contributed by atoms with E-state index in [1.807, 2.05) is 26.8 Å². The molecule has 24 heavy (non-hydrogen) atoms. The quantitative estimate of drug-likeness (QED) is 0.625. The van der Waals surface area contributed by atoms with Gasteiger partial charge in [-0.25, -0.2) is 0 Å². The van der Waals surface area contributed by atoms with E-state index >= 15 is 0 Å². The number of esters is 1. The monoisotopic (exact) mass is 373 g/mol. The second kappa shape index (κ2) is 6.46. The molecule has 2 fully saturated rings. The molecule has 3 unspecified atom stereocenters. The first-order valence-electron chi connectivity index (χ1n) is 7.95. The smallest absolute Gasteiger partial charge is 0.309 e. The van der Waals surface area contributed by atoms with Crippen LogP contribution in [-0.2, 0) is 19.1 Å². The summed E-state index contributed by atoms with van der Waals surface area (Å²) in [6.07, 6.45) is 0.700. The average Bonchev–Trinajstić information content (AvgIpc) is 3.27. The molecule has 1 spiro atoms. The van der Waals surface area contributed by atoms with Crippen molar-refractivity contribution in [1.29, 1.82) is 0 Å². The minimum atomic E-state index is -0.727. The van der Waals surface area contributed by atoms with Crippen LogP contribution in [0.1, 0.15) is 45.3 Å². The highest BCUT2D eigenvalue weighted by Gasteiger charge is 2.57. The Labute approximate surface area is 151 Å². The molecule has 1 aromatic carbocycles. The van der Waals surface area contributed by atoms with Gasteiger partial charge < -0.3 is 9.47 Å². The fourth-order valence-corrected chi connectivity index (χ4v) is 3.23. The maximum Gasteiger partial charge on any atom is 0.309 e. The Morgan fingerprint density at radius 1 is 1.33 bits per heavy atom. The highest BCUT2D eigenvalue weighted by atomic mass is 35.5. The number of benzene rings is 1. The first-order valence-corrected chi connectivity index (χ1v) is 8.70. The number of carbonyl (C=O) groups is 1. The van der Waals surface area contributed by atoms with Gasteiger partial charge in [0.1, 0.15) is 11.7 Å². The summed E-state index contributed by atoms with van der Waals surface area (Å²) in [6, 6.07) is 5.36. The van der Waals surface area contributed by atoms with Gasteiger partial charge in [0.2, 0.25) is 0 Å². The first-order chi connectivity index (χ1) is 11.2. The third kappa shape index (κ3) is 3.86. The summed E-state index contributed by atoms with van der Waals surface area (Å²) in [5.74, 6) is -0.510. The Morgan fingerprint density at radius 3 is 2.62 bits per heavy atom. The fourth-order valence-electron chi connectivity index (χ4n) is 2.92. The Bertz CT molecular complexity index is 640. The summed E-state index contributed by atoms with van der Waals surface area (Å²) >= 11 is 12.1. The van der Waals surface area contributed by atoms with Crippen LogP contribution in [0.25, 0.3) is 0 Å². The zero-order valence-corrected chi connectivity index (χ0v) is 15.4. The molecule has 0 aliphatic carbocycles. The Hall–Kier alpha value is -0.850. The number of carbonyl (C=O) groups excluding carboxylic acids is 1. The van der Waals surface area contributed by atoms with Crippen molar-refractivity contribution >= 4 is 29.2 Å². The number of halogens is 2. The molecule has 132 valence electrons. The van der Waals surface area contributed by atoms with Crippen LogP contribution in [-0.4, -0.2) is 23.9 Å². The predicted molar refractivity (Wildman–Crippen MR) is 90.7 cm³/mol. The molecule has 0 amide bonds. The van der Waals surface area contributed by atoms with Gasteiger partial charge in [0, 0.05) is 13.0 Å². The van der Waals surface area contributed by atoms with Gasteiger partial charge in [-0.3, -0.25) is 9.63 Å². The van der Waals surface area contributed by atoms with Crippen molar-refractivity contribution in [2.24, 2.45) is 5.92 Å². The molecule has 2 aliphatic heterocycles. The van der Waals surface area contributed by atoms with Crippen molar-refractivity contribution in [1.82, 2.24) is 5.48 Å². The van der Waals surface area contributed by atoms with Gasteiger partial charge in [0.05, 0.1) is 16.0 Å². The summed E-state index contributed by atoms with van der Waals surface area (Å²) in [5, 5.41) is 0.945.